The number of thioether (sulfide) groups is 1. The first-order chi connectivity index (χ1) is 11.7. The maximum atomic E-state index is 12.1. The number of rotatable bonds is 4. The molecule has 5 heteroatoms. The van der Waals surface area contributed by atoms with Crippen molar-refractivity contribution < 1.29 is 9.90 Å². The van der Waals surface area contributed by atoms with E-state index in [2.05, 4.69) is 11.4 Å². The second kappa shape index (κ2) is 7.24. The van der Waals surface area contributed by atoms with Crippen molar-refractivity contribution in [2.24, 2.45) is 0 Å². The van der Waals surface area contributed by atoms with Crippen LogP contribution in [-0.4, -0.2) is 11.0 Å². The van der Waals surface area contributed by atoms with Gasteiger partial charge in [0.2, 0.25) is 5.91 Å². The Morgan fingerprint density at radius 1 is 1.17 bits per heavy atom. The fourth-order valence-corrected chi connectivity index (χ4v) is 3.69. The Balaban J connectivity index is 1.88. The number of aromatic hydroxyl groups is 1. The summed E-state index contributed by atoms with van der Waals surface area (Å²) in [5.74, 6) is 0.481. The lowest BCUT2D eigenvalue weighted by molar-refractivity contribution is -0.120. The van der Waals surface area contributed by atoms with Crippen LogP contribution in [0.1, 0.15) is 23.5 Å². The Morgan fingerprint density at radius 3 is 2.54 bits per heavy atom. The topological polar surface area (TPSA) is 73.1 Å². The van der Waals surface area contributed by atoms with Gasteiger partial charge in [-0.15, -0.1) is 11.8 Å². The Labute approximate surface area is 144 Å². The van der Waals surface area contributed by atoms with E-state index >= 15 is 0 Å². The standard InChI is InChI=1S/C19H16N2O2S/c20-11-17-16(14-6-8-15(22)9-7-14)10-18(23)21-19(17)24-12-13-4-2-1-3-5-13/h1-9,16,22H,10,12H2,(H,21,23)/t16-/m0/s1. The average molecular weight is 336 g/mol. The molecular weight excluding hydrogens is 320 g/mol. The number of nitriles is 1. The van der Waals surface area contributed by atoms with Crippen LogP contribution in [0.2, 0.25) is 0 Å². The van der Waals surface area contributed by atoms with Crippen LogP contribution in [0.5, 0.6) is 5.75 Å². The van der Waals surface area contributed by atoms with E-state index in [1.54, 1.807) is 24.3 Å². The highest BCUT2D eigenvalue weighted by molar-refractivity contribution is 8.02. The van der Waals surface area contributed by atoms with Gasteiger partial charge in [-0.3, -0.25) is 4.79 Å². The van der Waals surface area contributed by atoms with Gasteiger partial charge in [0, 0.05) is 18.1 Å². The predicted molar refractivity (Wildman–Crippen MR) is 94.0 cm³/mol. The lowest BCUT2D eigenvalue weighted by atomic mass is 9.87. The van der Waals surface area contributed by atoms with E-state index in [9.17, 15) is 15.2 Å². The van der Waals surface area contributed by atoms with Gasteiger partial charge in [0.25, 0.3) is 0 Å². The molecule has 0 spiro atoms. The molecular formula is C19H16N2O2S. The van der Waals surface area contributed by atoms with Crippen molar-refractivity contribution in [1.82, 2.24) is 5.32 Å². The van der Waals surface area contributed by atoms with Gasteiger partial charge in [-0.2, -0.15) is 5.26 Å². The van der Waals surface area contributed by atoms with E-state index in [0.29, 0.717) is 16.4 Å². The van der Waals surface area contributed by atoms with Crippen LogP contribution in [-0.2, 0) is 10.5 Å². The lowest BCUT2D eigenvalue weighted by Crippen LogP contribution is -2.30. The number of phenolic OH excluding ortho intramolecular Hbond substituents is 1. The third-order valence-corrected chi connectivity index (χ3v) is 4.97. The molecule has 0 aromatic heterocycles. The van der Waals surface area contributed by atoms with Crippen molar-refractivity contribution in [3.05, 3.63) is 76.3 Å². The van der Waals surface area contributed by atoms with Crippen molar-refractivity contribution in [3.63, 3.8) is 0 Å². The first-order valence-electron chi connectivity index (χ1n) is 7.57. The number of carbonyl (C=O) groups is 1. The smallest absolute Gasteiger partial charge is 0.225 e. The van der Waals surface area contributed by atoms with Crippen LogP contribution in [0, 0.1) is 11.3 Å². The predicted octanol–water partition coefficient (Wildman–Crippen LogP) is 3.66. The Hall–Kier alpha value is -2.71. The molecule has 0 fully saturated rings. The van der Waals surface area contributed by atoms with Crippen molar-refractivity contribution >= 4 is 17.7 Å². The summed E-state index contributed by atoms with van der Waals surface area (Å²) < 4.78 is 0. The SMILES string of the molecule is N#CC1=C(SCc2ccccc2)NC(=O)C[C@H]1c1ccc(O)cc1. The molecule has 2 aromatic rings. The normalized spacial score (nSPS) is 17.3. The van der Waals surface area contributed by atoms with E-state index in [4.69, 9.17) is 0 Å². The Morgan fingerprint density at radius 2 is 1.88 bits per heavy atom. The molecule has 0 unspecified atom stereocenters. The quantitative estimate of drug-likeness (QED) is 0.893. The van der Waals surface area contributed by atoms with Gasteiger partial charge in [-0.25, -0.2) is 0 Å². The summed E-state index contributed by atoms with van der Waals surface area (Å²) in [5, 5.41) is 22.5. The summed E-state index contributed by atoms with van der Waals surface area (Å²) in [6, 6.07) is 18.8. The molecule has 1 aliphatic heterocycles. The highest BCUT2D eigenvalue weighted by atomic mass is 32.2. The molecule has 1 heterocycles. The summed E-state index contributed by atoms with van der Waals surface area (Å²) in [4.78, 5) is 12.1. The molecule has 0 radical (unpaired) electrons. The Kier molecular flexibility index (Phi) is 4.88. The number of amides is 1. The van der Waals surface area contributed by atoms with Crippen LogP contribution >= 0.6 is 11.8 Å². The molecule has 0 saturated carbocycles. The fraction of sp³-hybridized carbons (Fsp3) is 0.158. The molecule has 1 atom stereocenters. The van der Waals surface area contributed by atoms with Gasteiger partial charge >= 0.3 is 0 Å². The van der Waals surface area contributed by atoms with Crippen LogP contribution in [0.25, 0.3) is 0 Å². The summed E-state index contributed by atoms with van der Waals surface area (Å²) in [6.45, 7) is 0. The second-order valence-electron chi connectivity index (χ2n) is 5.53. The van der Waals surface area contributed by atoms with Gasteiger partial charge in [0.1, 0.15) is 5.75 Å². The summed E-state index contributed by atoms with van der Waals surface area (Å²) in [7, 11) is 0. The Bertz CT molecular complexity index is 808. The van der Waals surface area contributed by atoms with Crippen LogP contribution in [0.3, 0.4) is 0 Å². The number of hydrogen-bond donors (Lipinski definition) is 2. The minimum absolute atomic E-state index is 0.0948. The molecule has 4 nitrogen and oxygen atoms in total. The maximum Gasteiger partial charge on any atom is 0.225 e. The largest absolute Gasteiger partial charge is 0.508 e. The van der Waals surface area contributed by atoms with Crippen molar-refractivity contribution in [3.8, 4) is 11.8 Å². The highest BCUT2D eigenvalue weighted by Crippen LogP contribution is 2.37. The van der Waals surface area contributed by atoms with E-state index < -0.39 is 0 Å². The number of nitrogens with one attached hydrogen (secondary N) is 1. The average Bonchev–Trinajstić information content (AvgIpc) is 2.61. The van der Waals surface area contributed by atoms with E-state index in [-0.39, 0.29) is 24.0 Å². The molecule has 2 N–H and O–H groups in total. The molecule has 1 amide bonds. The summed E-state index contributed by atoms with van der Waals surface area (Å²) in [6.07, 6.45) is 0.239. The van der Waals surface area contributed by atoms with E-state index in [1.807, 2.05) is 30.3 Å². The molecule has 2 aromatic carbocycles. The van der Waals surface area contributed by atoms with Gasteiger partial charge in [-0.1, -0.05) is 42.5 Å². The number of nitrogens with zero attached hydrogens (tertiary/aromatic N) is 1. The van der Waals surface area contributed by atoms with Gasteiger partial charge in [0.05, 0.1) is 16.7 Å². The molecule has 0 saturated heterocycles. The summed E-state index contributed by atoms with van der Waals surface area (Å²) in [5.41, 5.74) is 2.56. The molecule has 0 bridgehead atoms. The highest BCUT2D eigenvalue weighted by Gasteiger charge is 2.29. The first-order valence-corrected chi connectivity index (χ1v) is 8.55. The second-order valence-corrected chi connectivity index (χ2v) is 6.51. The monoisotopic (exact) mass is 336 g/mol. The number of allylic oxidation sites excluding steroid dienone is 1. The fourth-order valence-electron chi connectivity index (χ4n) is 2.65. The van der Waals surface area contributed by atoms with Gasteiger partial charge < -0.3 is 10.4 Å². The molecule has 1 aliphatic rings. The number of hydrogen-bond acceptors (Lipinski definition) is 4. The molecule has 24 heavy (non-hydrogen) atoms. The van der Waals surface area contributed by atoms with Gasteiger partial charge in [-0.05, 0) is 23.3 Å². The van der Waals surface area contributed by atoms with E-state index in [0.717, 1.165) is 11.1 Å². The van der Waals surface area contributed by atoms with Gasteiger partial charge in [0.15, 0.2) is 0 Å². The molecule has 0 aliphatic carbocycles. The molecule has 120 valence electrons. The first kappa shape index (κ1) is 16.2. The maximum absolute atomic E-state index is 12.1. The third kappa shape index (κ3) is 3.61. The van der Waals surface area contributed by atoms with Crippen molar-refractivity contribution in [1.29, 1.82) is 5.26 Å². The minimum atomic E-state index is -0.275. The molecule has 3 rings (SSSR count). The number of benzene rings is 2. The third-order valence-electron chi connectivity index (χ3n) is 3.88. The van der Waals surface area contributed by atoms with E-state index in [1.165, 1.54) is 11.8 Å². The lowest BCUT2D eigenvalue weighted by Gasteiger charge is -2.25. The van der Waals surface area contributed by atoms with Crippen LogP contribution < -0.4 is 5.32 Å². The zero-order valence-corrected chi connectivity index (χ0v) is 13.7. The van der Waals surface area contributed by atoms with Crippen molar-refractivity contribution in [2.75, 3.05) is 0 Å². The summed E-state index contributed by atoms with van der Waals surface area (Å²) >= 11 is 1.46. The number of phenols is 1. The zero-order chi connectivity index (χ0) is 16.9. The van der Waals surface area contributed by atoms with Crippen LogP contribution in [0.4, 0.5) is 0 Å². The van der Waals surface area contributed by atoms with Crippen LogP contribution in [0.15, 0.2) is 65.2 Å². The van der Waals surface area contributed by atoms with Crippen molar-refractivity contribution in [2.45, 2.75) is 18.1 Å². The zero-order valence-electron chi connectivity index (χ0n) is 12.9. The number of carbonyl (C=O) groups excluding carboxylic acids is 1. The minimum Gasteiger partial charge on any atom is -0.508 e.